The Kier molecular flexibility index (Phi) is 1.83. The van der Waals surface area contributed by atoms with Gasteiger partial charge in [-0.05, 0) is 16.9 Å². The molecule has 0 saturated heterocycles. The molecule has 0 aromatic rings. The van der Waals surface area contributed by atoms with Crippen LogP contribution in [0.3, 0.4) is 0 Å². The monoisotopic (exact) mass is 168 g/mol. The van der Waals surface area contributed by atoms with E-state index in [0.717, 1.165) is 11.5 Å². The van der Waals surface area contributed by atoms with Crippen LogP contribution in [-0.4, -0.2) is 8.07 Å². The third-order valence-corrected chi connectivity index (χ3v) is 6.07. The molecule has 1 heteroatoms. The maximum atomic E-state index is 3.90. The van der Waals surface area contributed by atoms with E-state index in [1.54, 1.807) is 0 Å². The average molecular weight is 168 g/mol. The summed E-state index contributed by atoms with van der Waals surface area (Å²) in [6, 6.07) is 0. The summed E-state index contributed by atoms with van der Waals surface area (Å²) in [6.45, 7) is 16.0. The fourth-order valence-corrected chi connectivity index (χ4v) is 6.74. The van der Waals surface area contributed by atoms with E-state index in [9.17, 15) is 0 Å². The van der Waals surface area contributed by atoms with Gasteiger partial charge in [-0.25, -0.2) is 0 Å². The second kappa shape index (κ2) is 2.22. The third kappa shape index (κ3) is 1.31. The van der Waals surface area contributed by atoms with E-state index in [4.69, 9.17) is 0 Å². The maximum absolute atomic E-state index is 3.90. The van der Waals surface area contributed by atoms with Gasteiger partial charge in [-0.2, -0.15) is 0 Å². The van der Waals surface area contributed by atoms with Gasteiger partial charge in [0.05, 0.1) is 0 Å². The number of rotatable bonds is 2. The summed E-state index contributed by atoms with van der Waals surface area (Å²) in [5.74, 6) is 0.800. The van der Waals surface area contributed by atoms with Crippen LogP contribution >= 0.6 is 0 Å². The highest BCUT2D eigenvalue weighted by Gasteiger charge is 2.60. The zero-order chi connectivity index (χ0) is 8.86. The lowest BCUT2D eigenvalue weighted by molar-refractivity contribution is 0.607. The van der Waals surface area contributed by atoms with Crippen molar-refractivity contribution in [2.45, 2.75) is 39.0 Å². The van der Waals surface area contributed by atoms with Crippen molar-refractivity contribution in [3.8, 4) is 0 Å². The standard InChI is InChI=1S/C10H20Si/c1-7-8-9(10(8,2)3)11(4,5)6/h7-9H,1H2,2-6H3/t8-,9-/m0/s1. The van der Waals surface area contributed by atoms with E-state index in [2.05, 4.69) is 46.1 Å². The first-order valence-electron chi connectivity index (χ1n) is 4.44. The Morgan fingerprint density at radius 3 is 1.82 bits per heavy atom. The fourth-order valence-electron chi connectivity index (χ4n) is 2.77. The van der Waals surface area contributed by atoms with Gasteiger partial charge in [0.1, 0.15) is 0 Å². The molecule has 0 bridgehead atoms. The van der Waals surface area contributed by atoms with Crippen LogP contribution in [0.2, 0.25) is 25.2 Å². The van der Waals surface area contributed by atoms with Gasteiger partial charge in [0.2, 0.25) is 0 Å². The maximum Gasteiger partial charge on any atom is 0.0486 e. The van der Waals surface area contributed by atoms with Gasteiger partial charge in [0, 0.05) is 8.07 Å². The zero-order valence-electron chi connectivity index (χ0n) is 8.44. The highest BCUT2D eigenvalue weighted by atomic mass is 28.3. The summed E-state index contributed by atoms with van der Waals surface area (Å²) >= 11 is 0. The van der Waals surface area contributed by atoms with Crippen LogP contribution in [0.4, 0.5) is 0 Å². The lowest BCUT2D eigenvalue weighted by Gasteiger charge is -2.17. The molecule has 1 saturated carbocycles. The molecule has 0 nitrogen and oxygen atoms in total. The van der Waals surface area contributed by atoms with Crippen molar-refractivity contribution in [3.63, 3.8) is 0 Å². The van der Waals surface area contributed by atoms with Gasteiger partial charge < -0.3 is 0 Å². The average Bonchev–Trinajstić information content (AvgIpc) is 2.31. The number of allylic oxidation sites excluding steroid dienone is 1. The van der Waals surface area contributed by atoms with Gasteiger partial charge in [-0.15, -0.1) is 6.58 Å². The molecule has 0 aromatic carbocycles. The molecule has 2 atom stereocenters. The Morgan fingerprint density at radius 1 is 1.27 bits per heavy atom. The smallest absolute Gasteiger partial charge is 0.0486 e. The summed E-state index contributed by atoms with van der Waals surface area (Å²) in [4.78, 5) is 0. The van der Waals surface area contributed by atoms with Crippen molar-refractivity contribution in [1.82, 2.24) is 0 Å². The van der Waals surface area contributed by atoms with Gasteiger partial charge in [-0.1, -0.05) is 39.6 Å². The first kappa shape index (κ1) is 9.05. The Labute approximate surface area is 71.7 Å². The van der Waals surface area contributed by atoms with Crippen molar-refractivity contribution in [3.05, 3.63) is 12.7 Å². The highest BCUT2D eigenvalue weighted by molar-refractivity contribution is 6.78. The molecular formula is C10H20Si. The van der Waals surface area contributed by atoms with Crippen LogP contribution in [-0.2, 0) is 0 Å². The summed E-state index contributed by atoms with van der Waals surface area (Å²) in [5.41, 5.74) is 1.53. The predicted molar refractivity (Wildman–Crippen MR) is 54.6 cm³/mol. The van der Waals surface area contributed by atoms with E-state index < -0.39 is 8.07 Å². The van der Waals surface area contributed by atoms with E-state index >= 15 is 0 Å². The Bertz CT molecular complexity index is 174. The molecule has 1 rings (SSSR count). The van der Waals surface area contributed by atoms with Crippen LogP contribution in [0, 0.1) is 11.3 Å². The molecule has 1 aliphatic carbocycles. The van der Waals surface area contributed by atoms with E-state index in [-0.39, 0.29) is 0 Å². The molecule has 0 N–H and O–H groups in total. The van der Waals surface area contributed by atoms with Crippen LogP contribution < -0.4 is 0 Å². The van der Waals surface area contributed by atoms with Gasteiger partial charge in [0.25, 0.3) is 0 Å². The largest absolute Gasteiger partial charge is 0.103 e. The molecule has 0 amide bonds. The molecule has 11 heavy (non-hydrogen) atoms. The molecule has 1 aliphatic rings. The molecule has 0 heterocycles. The normalized spacial score (nSPS) is 35.0. The van der Waals surface area contributed by atoms with Crippen LogP contribution in [0.5, 0.6) is 0 Å². The second-order valence-corrected chi connectivity index (χ2v) is 10.8. The first-order valence-corrected chi connectivity index (χ1v) is 8.02. The molecule has 0 spiro atoms. The zero-order valence-corrected chi connectivity index (χ0v) is 9.44. The van der Waals surface area contributed by atoms with E-state index in [1.807, 2.05) is 0 Å². The van der Waals surface area contributed by atoms with Gasteiger partial charge in [-0.3, -0.25) is 0 Å². The topological polar surface area (TPSA) is 0 Å². The summed E-state index contributed by atoms with van der Waals surface area (Å²) in [7, 11) is -0.914. The van der Waals surface area contributed by atoms with Crippen LogP contribution in [0.1, 0.15) is 13.8 Å². The molecule has 1 fully saturated rings. The Morgan fingerprint density at radius 2 is 1.73 bits per heavy atom. The molecular weight excluding hydrogens is 148 g/mol. The minimum absolute atomic E-state index is 0.562. The predicted octanol–water partition coefficient (Wildman–Crippen LogP) is 3.54. The van der Waals surface area contributed by atoms with Crippen molar-refractivity contribution in [2.75, 3.05) is 0 Å². The Balaban J connectivity index is 2.74. The minimum atomic E-state index is -0.914. The fraction of sp³-hybridized carbons (Fsp3) is 0.800. The van der Waals surface area contributed by atoms with Crippen molar-refractivity contribution in [1.29, 1.82) is 0 Å². The number of hydrogen-bond donors (Lipinski definition) is 0. The third-order valence-electron chi connectivity index (χ3n) is 3.10. The first-order chi connectivity index (χ1) is 4.81. The summed E-state index contributed by atoms with van der Waals surface area (Å²) in [6.07, 6.45) is 2.16. The van der Waals surface area contributed by atoms with E-state index in [0.29, 0.717) is 5.41 Å². The number of hydrogen-bond acceptors (Lipinski definition) is 0. The lowest BCUT2D eigenvalue weighted by atomic mass is 10.1. The van der Waals surface area contributed by atoms with Crippen LogP contribution in [0.15, 0.2) is 12.7 Å². The molecule has 0 radical (unpaired) electrons. The quantitative estimate of drug-likeness (QED) is 0.437. The lowest BCUT2D eigenvalue weighted by Crippen LogP contribution is -2.22. The minimum Gasteiger partial charge on any atom is -0.103 e. The second-order valence-electron chi connectivity index (χ2n) is 5.43. The van der Waals surface area contributed by atoms with Gasteiger partial charge in [0.15, 0.2) is 0 Å². The van der Waals surface area contributed by atoms with Crippen LogP contribution in [0.25, 0.3) is 0 Å². The van der Waals surface area contributed by atoms with Gasteiger partial charge >= 0.3 is 0 Å². The molecule has 0 aromatic heterocycles. The van der Waals surface area contributed by atoms with Crippen molar-refractivity contribution < 1.29 is 0 Å². The summed E-state index contributed by atoms with van der Waals surface area (Å²) in [5, 5.41) is 0. The molecule has 0 aliphatic heterocycles. The van der Waals surface area contributed by atoms with E-state index in [1.165, 1.54) is 0 Å². The summed E-state index contributed by atoms with van der Waals surface area (Å²) < 4.78 is 0. The highest BCUT2D eigenvalue weighted by Crippen LogP contribution is 2.67. The van der Waals surface area contributed by atoms with Crippen molar-refractivity contribution in [2.24, 2.45) is 11.3 Å². The SMILES string of the molecule is C=C[C@H]1[C@H]([Si](C)(C)C)C1(C)C. The molecule has 0 unspecified atom stereocenters. The van der Waals surface area contributed by atoms with Crippen molar-refractivity contribution >= 4 is 8.07 Å². The Hall–Kier alpha value is -0.0431. The molecule has 64 valence electrons.